The third-order valence-electron chi connectivity index (χ3n) is 8.61. The minimum Gasteiger partial charge on any atom is -0.395 e. The summed E-state index contributed by atoms with van der Waals surface area (Å²) in [5.74, 6) is -1.49. The van der Waals surface area contributed by atoms with Crippen LogP contribution < -0.4 is 4.90 Å². The van der Waals surface area contributed by atoms with E-state index < -0.39 is 22.6 Å². The van der Waals surface area contributed by atoms with Gasteiger partial charge < -0.3 is 19.8 Å². The van der Waals surface area contributed by atoms with Crippen molar-refractivity contribution in [1.29, 1.82) is 0 Å². The third kappa shape index (κ3) is 3.56. The van der Waals surface area contributed by atoms with E-state index in [1.165, 1.54) is 6.42 Å². The Morgan fingerprint density at radius 2 is 1.72 bits per heavy atom. The lowest BCUT2D eigenvalue weighted by atomic mass is 9.78. The van der Waals surface area contributed by atoms with Crippen molar-refractivity contribution < 1.29 is 19.5 Å². The number of carbonyl (C=O) groups is 3. The minimum absolute atomic E-state index is 0.0310. The van der Waals surface area contributed by atoms with Crippen molar-refractivity contribution in [3.05, 3.63) is 54.6 Å². The molecule has 0 radical (unpaired) electrons. The first-order valence-corrected chi connectivity index (χ1v) is 14.0. The molecule has 1 N–H and O–H groups in total. The molecule has 5 aliphatic rings. The van der Waals surface area contributed by atoms with Gasteiger partial charge in [-0.05, 0) is 25.0 Å². The summed E-state index contributed by atoms with van der Waals surface area (Å²) in [6.07, 6.45) is 13.6. The fraction of sp³-hybridized carbons (Fsp3) is 0.536. The third-order valence-corrected chi connectivity index (χ3v) is 10.4. The number of rotatable bonds is 4. The first-order valence-electron chi connectivity index (χ1n) is 13.2. The van der Waals surface area contributed by atoms with Crippen LogP contribution in [0.25, 0.3) is 0 Å². The summed E-state index contributed by atoms with van der Waals surface area (Å²) in [5, 5.41) is 9.67. The van der Waals surface area contributed by atoms with Crippen LogP contribution in [0.1, 0.15) is 32.1 Å². The summed E-state index contributed by atoms with van der Waals surface area (Å²) in [7, 11) is 0. The van der Waals surface area contributed by atoms with Crippen LogP contribution in [0.4, 0.5) is 5.69 Å². The van der Waals surface area contributed by atoms with Gasteiger partial charge in [0.25, 0.3) is 0 Å². The quantitative estimate of drug-likeness (QED) is 0.634. The number of para-hydroxylation sites is 1. The van der Waals surface area contributed by atoms with E-state index >= 15 is 0 Å². The van der Waals surface area contributed by atoms with Crippen LogP contribution in [0, 0.1) is 11.8 Å². The molecular weight excluding hydrogens is 474 g/mol. The Bertz CT molecular complexity index is 1100. The van der Waals surface area contributed by atoms with Crippen molar-refractivity contribution in [2.24, 2.45) is 11.8 Å². The van der Waals surface area contributed by atoms with Crippen molar-refractivity contribution in [1.82, 2.24) is 9.80 Å². The zero-order valence-corrected chi connectivity index (χ0v) is 21.2. The number of thioether (sulfide) groups is 1. The van der Waals surface area contributed by atoms with E-state index in [0.29, 0.717) is 13.1 Å². The second-order valence-corrected chi connectivity index (χ2v) is 12.0. The van der Waals surface area contributed by atoms with E-state index in [1.807, 2.05) is 41.3 Å². The van der Waals surface area contributed by atoms with Crippen molar-refractivity contribution in [2.75, 3.05) is 31.1 Å². The number of amides is 3. The molecule has 6 rings (SSSR count). The summed E-state index contributed by atoms with van der Waals surface area (Å²) >= 11 is 1.60. The fourth-order valence-electron chi connectivity index (χ4n) is 7.06. The van der Waals surface area contributed by atoms with Gasteiger partial charge >= 0.3 is 0 Å². The van der Waals surface area contributed by atoms with Crippen molar-refractivity contribution >= 4 is 35.2 Å². The van der Waals surface area contributed by atoms with Gasteiger partial charge in [-0.2, -0.15) is 0 Å². The molecule has 5 atom stereocenters. The number of β-amino-alcohol motifs (C(OH)–C–C–N with tert-alkyl or cyclic N) is 1. The molecule has 1 aliphatic carbocycles. The molecular formula is C28H33N3O4S. The summed E-state index contributed by atoms with van der Waals surface area (Å²) in [4.78, 5) is 47.6. The molecule has 2 saturated heterocycles. The maximum atomic E-state index is 14.2. The van der Waals surface area contributed by atoms with Gasteiger partial charge in [0.1, 0.15) is 6.04 Å². The van der Waals surface area contributed by atoms with E-state index in [4.69, 9.17) is 0 Å². The molecule has 1 aromatic carbocycles. The average Bonchev–Trinajstić information content (AvgIpc) is 3.20. The van der Waals surface area contributed by atoms with E-state index in [-0.39, 0.29) is 42.2 Å². The fourth-order valence-corrected chi connectivity index (χ4v) is 9.07. The van der Waals surface area contributed by atoms with Crippen LogP contribution in [0.2, 0.25) is 0 Å². The van der Waals surface area contributed by atoms with Crippen LogP contribution in [0.5, 0.6) is 0 Å². The molecule has 4 heterocycles. The summed E-state index contributed by atoms with van der Waals surface area (Å²) < 4.78 is -0.818. The minimum atomic E-state index is -0.818. The largest absolute Gasteiger partial charge is 0.395 e. The molecule has 1 saturated carbocycles. The maximum absolute atomic E-state index is 14.2. The number of carbonyl (C=O) groups excluding carboxylic acids is 3. The normalized spacial score (nSPS) is 34.5. The highest BCUT2D eigenvalue weighted by Crippen LogP contribution is 2.61. The molecule has 1 spiro atoms. The number of nitrogens with zero attached hydrogens (tertiary/aromatic N) is 3. The van der Waals surface area contributed by atoms with Crippen molar-refractivity contribution in [3.8, 4) is 0 Å². The summed E-state index contributed by atoms with van der Waals surface area (Å²) in [5.41, 5.74) is 0.809. The molecule has 190 valence electrons. The first kappa shape index (κ1) is 23.8. The number of likely N-dealkylation sites (tertiary alicyclic amines) is 1. The second kappa shape index (κ2) is 9.38. The molecule has 1 unspecified atom stereocenters. The molecule has 3 amide bonds. The highest BCUT2D eigenvalue weighted by atomic mass is 32.2. The van der Waals surface area contributed by atoms with Crippen LogP contribution in [0.15, 0.2) is 54.6 Å². The van der Waals surface area contributed by atoms with Gasteiger partial charge in [-0.25, -0.2) is 0 Å². The number of benzene rings is 1. The molecule has 1 aromatic rings. The SMILES string of the molecule is O=C1[C@@H]2[C@H]3C(=O)N(CCO)C4C(=O)N(C5CCCCC5)CC=C[C@@]43S[C@@H]2C=CCN1c1ccccc1. The zero-order chi connectivity index (χ0) is 24.9. The van der Waals surface area contributed by atoms with Gasteiger partial charge in [0.15, 0.2) is 0 Å². The van der Waals surface area contributed by atoms with Crippen LogP contribution in [-0.4, -0.2) is 80.9 Å². The Balaban J connectivity index is 1.41. The maximum Gasteiger partial charge on any atom is 0.247 e. The molecule has 0 aromatic heterocycles. The van der Waals surface area contributed by atoms with Gasteiger partial charge in [0.2, 0.25) is 17.7 Å². The van der Waals surface area contributed by atoms with E-state index in [2.05, 4.69) is 18.2 Å². The topological polar surface area (TPSA) is 81.2 Å². The van der Waals surface area contributed by atoms with Gasteiger partial charge in [-0.15, -0.1) is 11.8 Å². The van der Waals surface area contributed by atoms with Gasteiger partial charge in [0, 0.05) is 36.6 Å². The monoisotopic (exact) mass is 507 g/mol. The van der Waals surface area contributed by atoms with E-state index in [9.17, 15) is 19.5 Å². The zero-order valence-electron chi connectivity index (χ0n) is 20.4. The van der Waals surface area contributed by atoms with Gasteiger partial charge in [0.05, 0.1) is 23.2 Å². The average molecular weight is 508 g/mol. The molecule has 0 bridgehead atoms. The lowest BCUT2D eigenvalue weighted by Crippen LogP contribution is -2.55. The van der Waals surface area contributed by atoms with Crippen molar-refractivity contribution in [2.45, 2.75) is 54.2 Å². The number of fused-ring (bicyclic) bond motifs is 2. The smallest absolute Gasteiger partial charge is 0.247 e. The number of hydrogen-bond acceptors (Lipinski definition) is 5. The predicted molar refractivity (Wildman–Crippen MR) is 139 cm³/mol. The summed E-state index contributed by atoms with van der Waals surface area (Å²) in [6, 6.07) is 9.05. The lowest BCUT2D eigenvalue weighted by Gasteiger charge is -2.39. The Morgan fingerprint density at radius 3 is 2.47 bits per heavy atom. The van der Waals surface area contributed by atoms with Gasteiger partial charge in [-0.3, -0.25) is 14.4 Å². The van der Waals surface area contributed by atoms with E-state index in [0.717, 1.165) is 31.4 Å². The Labute approximate surface area is 216 Å². The van der Waals surface area contributed by atoms with Crippen LogP contribution >= 0.6 is 11.8 Å². The Morgan fingerprint density at radius 1 is 0.944 bits per heavy atom. The molecule has 3 fully saturated rings. The van der Waals surface area contributed by atoms with Crippen LogP contribution in [0.3, 0.4) is 0 Å². The second-order valence-electron chi connectivity index (χ2n) is 10.5. The number of anilines is 1. The summed E-state index contributed by atoms with van der Waals surface area (Å²) in [6.45, 7) is 0.877. The van der Waals surface area contributed by atoms with Crippen LogP contribution in [-0.2, 0) is 14.4 Å². The highest BCUT2D eigenvalue weighted by Gasteiger charge is 2.71. The number of hydrogen-bond donors (Lipinski definition) is 1. The highest BCUT2D eigenvalue weighted by molar-refractivity contribution is 8.02. The standard InChI is InChI=1S/C28H33N3O4S/c32-18-17-31-24-27(35)30(20-11-5-2-6-12-20)16-8-14-28(24)23(26(31)34)22-21(36-28)13-7-15-29(25(22)33)19-9-3-1-4-10-19/h1,3-4,7-10,13-14,20-24,32H,2,5-6,11-12,15-18H2/t21-,22+,23+,24?,28+/m1/s1. The lowest BCUT2D eigenvalue weighted by molar-refractivity contribution is -0.144. The number of aliphatic hydroxyl groups excluding tert-OH is 1. The first-order chi connectivity index (χ1) is 17.6. The van der Waals surface area contributed by atoms with Crippen molar-refractivity contribution in [3.63, 3.8) is 0 Å². The van der Waals surface area contributed by atoms with Gasteiger partial charge in [-0.1, -0.05) is 61.8 Å². The molecule has 7 nitrogen and oxygen atoms in total. The molecule has 4 aliphatic heterocycles. The Kier molecular flexibility index (Phi) is 6.20. The predicted octanol–water partition coefficient (Wildman–Crippen LogP) is 2.61. The number of aliphatic hydroxyl groups is 1. The molecule has 8 heteroatoms. The Hall–Kier alpha value is -2.58. The van der Waals surface area contributed by atoms with E-state index in [1.54, 1.807) is 21.6 Å². The molecule has 36 heavy (non-hydrogen) atoms.